The number of amides is 1. The van der Waals surface area contributed by atoms with Crippen molar-refractivity contribution in [3.8, 4) is 5.75 Å². The third-order valence-electron chi connectivity index (χ3n) is 5.72. The number of ether oxygens (including phenoxy) is 2. The molecule has 1 atom stereocenters. The number of nitrogens with zero attached hydrogens (tertiary/aromatic N) is 3. The zero-order valence-corrected chi connectivity index (χ0v) is 18.8. The van der Waals surface area contributed by atoms with Crippen LogP contribution in [0, 0.1) is 10.1 Å². The van der Waals surface area contributed by atoms with Crippen LogP contribution in [0.15, 0.2) is 53.4 Å². The highest BCUT2D eigenvalue weighted by molar-refractivity contribution is 7.89. The minimum Gasteiger partial charge on any atom is -0.469 e. The number of morpholine rings is 1. The maximum Gasteiger partial charge on any atom is 0.312 e. The SMILES string of the molecule is O=C(C(Oc1ccc(S(=O)(=O)N2CCOCC2)cc1[N+](=O)[O-])c1ccccc1)N1CCCC1. The predicted molar refractivity (Wildman–Crippen MR) is 118 cm³/mol. The first-order valence-corrected chi connectivity index (χ1v) is 12.2. The van der Waals surface area contributed by atoms with Crippen LogP contribution in [0.5, 0.6) is 5.75 Å². The Labute approximate surface area is 191 Å². The fourth-order valence-corrected chi connectivity index (χ4v) is 5.38. The molecule has 11 heteroatoms. The largest absolute Gasteiger partial charge is 0.469 e. The molecule has 0 saturated carbocycles. The average Bonchev–Trinajstić information content (AvgIpc) is 3.38. The minimum atomic E-state index is -3.93. The fraction of sp³-hybridized carbons (Fsp3) is 0.409. The monoisotopic (exact) mass is 475 g/mol. The van der Waals surface area contributed by atoms with Crippen molar-refractivity contribution in [2.75, 3.05) is 39.4 Å². The lowest BCUT2D eigenvalue weighted by Gasteiger charge is -2.26. The van der Waals surface area contributed by atoms with Crippen LogP contribution < -0.4 is 4.74 Å². The van der Waals surface area contributed by atoms with Crippen LogP contribution in [-0.4, -0.2) is 67.8 Å². The third kappa shape index (κ3) is 5.00. The Balaban J connectivity index is 1.67. The van der Waals surface area contributed by atoms with Crippen molar-refractivity contribution in [2.45, 2.75) is 23.8 Å². The van der Waals surface area contributed by atoms with Crippen LogP contribution in [0.3, 0.4) is 0 Å². The van der Waals surface area contributed by atoms with E-state index in [0.717, 1.165) is 18.9 Å². The lowest BCUT2D eigenvalue weighted by atomic mass is 10.1. The van der Waals surface area contributed by atoms with Crippen molar-refractivity contribution < 1.29 is 27.6 Å². The van der Waals surface area contributed by atoms with Gasteiger partial charge in [-0.15, -0.1) is 0 Å². The van der Waals surface area contributed by atoms with Gasteiger partial charge in [-0.25, -0.2) is 8.42 Å². The second-order valence-electron chi connectivity index (χ2n) is 7.84. The van der Waals surface area contributed by atoms with Crippen LogP contribution in [-0.2, 0) is 19.6 Å². The summed E-state index contributed by atoms with van der Waals surface area (Å²) >= 11 is 0. The number of nitro benzene ring substituents is 1. The number of carbonyl (C=O) groups excluding carboxylic acids is 1. The van der Waals surface area contributed by atoms with Gasteiger partial charge >= 0.3 is 5.69 Å². The molecule has 1 unspecified atom stereocenters. The van der Waals surface area contributed by atoms with Crippen molar-refractivity contribution in [3.63, 3.8) is 0 Å². The average molecular weight is 476 g/mol. The molecule has 2 aliphatic rings. The summed E-state index contributed by atoms with van der Waals surface area (Å²) in [7, 11) is -3.93. The molecule has 0 aromatic heterocycles. The number of likely N-dealkylation sites (tertiary alicyclic amines) is 1. The lowest BCUT2D eigenvalue weighted by Crippen LogP contribution is -2.40. The van der Waals surface area contributed by atoms with Gasteiger partial charge in [-0.05, 0) is 25.0 Å². The number of sulfonamides is 1. The summed E-state index contributed by atoms with van der Waals surface area (Å²) < 4.78 is 38.2. The molecule has 0 N–H and O–H groups in total. The first kappa shape index (κ1) is 23.1. The molecule has 10 nitrogen and oxygen atoms in total. The number of benzene rings is 2. The van der Waals surface area contributed by atoms with Crippen molar-refractivity contribution in [3.05, 3.63) is 64.2 Å². The molecule has 0 radical (unpaired) electrons. The van der Waals surface area contributed by atoms with Crippen LogP contribution in [0.1, 0.15) is 24.5 Å². The maximum absolute atomic E-state index is 13.2. The summed E-state index contributed by atoms with van der Waals surface area (Å²) in [6, 6.07) is 12.3. The Bertz CT molecular complexity index is 1110. The van der Waals surface area contributed by atoms with E-state index in [0.29, 0.717) is 18.7 Å². The van der Waals surface area contributed by atoms with Crippen molar-refractivity contribution in [1.29, 1.82) is 0 Å². The van der Waals surface area contributed by atoms with Gasteiger partial charge in [0, 0.05) is 37.8 Å². The number of hydrogen-bond acceptors (Lipinski definition) is 7. The molecule has 2 fully saturated rings. The molecule has 2 aliphatic heterocycles. The van der Waals surface area contributed by atoms with E-state index < -0.39 is 26.7 Å². The summed E-state index contributed by atoms with van der Waals surface area (Å²) in [5.74, 6) is -0.444. The normalized spacial score (nSPS) is 18.1. The molecular weight excluding hydrogens is 450 g/mol. The van der Waals surface area contributed by atoms with Crippen molar-refractivity contribution in [1.82, 2.24) is 9.21 Å². The van der Waals surface area contributed by atoms with Gasteiger partial charge in [0.05, 0.1) is 23.0 Å². The zero-order valence-electron chi connectivity index (χ0n) is 18.0. The van der Waals surface area contributed by atoms with Gasteiger partial charge < -0.3 is 14.4 Å². The highest BCUT2D eigenvalue weighted by Gasteiger charge is 2.33. The molecule has 2 aromatic carbocycles. The molecule has 4 rings (SSSR count). The molecular formula is C22H25N3O7S. The molecule has 2 saturated heterocycles. The van der Waals surface area contributed by atoms with Gasteiger partial charge in [0.1, 0.15) is 0 Å². The Morgan fingerprint density at radius 1 is 1.03 bits per heavy atom. The van der Waals surface area contributed by atoms with E-state index in [-0.39, 0.29) is 42.9 Å². The van der Waals surface area contributed by atoms with Crippen molar-refractivity contribution in [2.24, 2.45) is 0 Å². The first-order chi connectivity index (χ1) is 15.9. The summed E-state index contributed by atoms with van der Waals surface area (Å²) in [5, 5.41) is 11.8. The zero-order chi connectivity index (χ0) is 23.4. The molecule has 2 heterocycles. The fourth-order valence-electron chi connectivity index (χ4n) is 3.96. The van der Waals surface area contributed by atoms with Crippen LogP contribution in [0.2, 0.25) is 0 Å². The van der Waals surface area contributed by atoms with E-state index in [1.165, 1.54) is 16.4 Å². The standard InChI is InChI=1S/C22H25N3O7S/c26-22(23-10-4-5-11-23)21(17-6-2-1-3-7-17)32-20-9-8-18(16-19(20)25(27)28)33(29,30)24-12-14-31-15-13-24/h1-3,6-9,16,21H,4-5,10-15H2. The van der Waals surface area contributed by atoms with Gasteiger partial charge in [-0.3, -0.25) is 14.9 Å². The van der Waals surface area contributed by atoms with Gasteiger partial charge in [0.2, 0.25) is 16.1 Å². The van der Waals surface area contributed by atoms with E-state index in [2.05, 4.69) is 0 Å². The first-order valence-electron chi connectivity index (χ1n) is 10.7. The lowest BCUT2D eigenvalue weighted by molar-refractivity contribution is -0.386. The Morgan fingerprint density at radius 2 is 1.70 bits per heavy atom. The van der Waals surface area contributed by atoms with Gasteiger partial charge in [0.25, 0.3) is 5.91 Å². The molecule has 0 bridgehead atoms. The van der Waals surface area contributed by atoms with E-state index >= 15 is 0 Å². The van der Waals surface area contributed by atoms with Crippen LogP contribution in [0.4, 0.5) is 5.69 Å². The third-order valence-corrected chi connectivity index (χ3v) is 7.62. The number of nitro groups is 1. The van der Waals surface area contributed by atoms with E-state index in [9.17, 15) is 23.3 Å². The Hall–Kier alpha value is -3.02. The second-order valence-corrected chi connectivity index (χ2v) is 9.78. The molecule has 1 amide bonds. The highest BCUT2D eigenvalue weighted by atomic mass is 32.2. The summed E-state index contributed by atoms with van der Waals surface area (Å²) in [4.78, 5) is 25.8. The van der Waals surface area contributed by atoms with Crippen LogP contribution >= 0.6 is 0 Å². The molecule has 0 spiro atoms. The Kier molecular flexibility index (Phi) is 6.91. The highest BCUT2D eigenvalue weighted by Crippen LogP contribution is 2.35. The van der Waals surface area contributed by atoms with Crippen molar-refractivity contribution >= 4 is 21.6 Å². The number of rotatable bonds is 7. The van der Waals surface area contributed by atoms with E-state index in [4.69, 9.17) is 9.47 Å². The summed E-state index contributed by atoms with van der Waals surface area (Å²) in [5.41, 5.74) is 0.0493. The predicted octanol–water partition coefficient (Wildman–Crippen LogP) is 2.36. The maximum atomic E-state index is 13.2. The van der Waals surface area contributed by atoms with Gasteiger partial charge in [-0.1, -0.05) is 30.3 Å². The topological polar surface area (TPSA) is 119 Å². The molecule has 2 aromatic rings. The van der Waals surface area contributed by atoms with Gasteiger partial charge in [-0.2, -0.15) is 4.31 Å². The van der Waals surface area contributed by atoms with Gasteiger partial charge in [0.15, 0.2) is 5.75 Å². The Morgan fingerprint density at radius 3 is 2.33 bits per heavy atom. The number of hydrogen-bond donors (Lipinski definition) is 0. The summed E-state index contributed by atoms with van der Waals surface area (Å²) in [6.45, 7) is 2.08. The number of carbonyl (C=O) groups is 1. The minimum absolute atomic E-state index is 0.165. The van der Waals surface area contributed by atoms with Crippen LogP contribution in [0.25, 0.3) is 0 Å². The molecule has 33 heavy (non-hydrogen) atoms. The smallest absolute Gasteiger partial charge is 0.312 e. The molecule has 176 valence electrons. The second kappa shape index (κ2) is 9.86. The van der Waals surface area contributed by atoms with E-state index in [1.54, 1.807) is 35.2 Å². The molecule has 0 aliphatic carbocycles. The van der Waals surface area contributed by atoms with E-state index in [1.807, 2.05) is 0 Å². The quantitative estimate of drug-likeness (QED) is 0.445. The summed E-state index contributed by atoms with van der Waals surface area (Å²) in [6.07, 6.45) is 0.702.